The van der Waals surface area contributed by atoms with Gasteiger partial charge in [0.15, 0.2) is 0 Å². The summed E-state index contributed by atoms with van der Waals surface area (Å²) in [6.07, 6.45) is 0. The fraction of sp³-hybridized carbons (Fsp3) is 0.0800. The van der Waals surface area contributed by atoms with Gasteiger partial charge in [-0.1, -0.05) is 35.9 Å². The number of amides is 2. The van der Waals surface area contributed by atoms with Gasteiger partial charge >= 0.3 is 0 Å². The number of hydrogen-bond donors (Lipinski definition) is 2. The van der Waals surface area contributed by atoms with Crippen LogP contribution in [0.15, 0.2) is 77.6 Å². The topological polar surface area (TPSA) is 85.1 Å². The summed E-state index contributed by atoms with van der Waals surface area (Å²) in [5, 5.41) is 5.30. The van der Waals surface area contributed by atoms with E-state index in [2.05, 4.69) is 10.6 Å². The standard InChI is InChI=1S/C25H20ClFN4O3/c1-15-22(25(34)31(30(15)2)19-9-4-3-5-10-19)29-23(32)16-7-6-8-18(13-16)28-24(33)20-12-11-17(27)14-21(20)26/h3-14H,1-2H3,(H,28,33)(H,29,32). The molecule has 0 saturated carbocycles. The minimum atomic E-state index is -0.553. The third kappa shape index (κ3) is 4.49. The molecule has 4 aromatic rings. The number of carbonyl (C=O) groups excluding carboxylic acids is 2. The lowest BCUT2D eigenvalue weighted by molar-refractivity contribution is 0.101. The third-order valence-electron chi connectivity index (χ3n) is 5.35. The summed E-state index contributed by atoms with van der Waals surface area (Å²) in [4.78, 5) is 38.5. The van der Waals surface area contributed by atoms with Gasteiger partial charge < -0.3 is 10.6 Å². The van der Waals surface area contributed by atoms with Crippen LogP contribution in [0, 0.1) is 12.7 Å². The van der Waals surface area contributed by atoms with E-state index >= 15 is 0 Å². The van der Waals surface area contributed by atoms with Gasteiger partial charge in [-0.15, -0.1) is 0 Å². The number of halogens is 2. The second-order valence-corrected chi connectivity index (χ2v) is 7.96. The quantitative estimate of drug-likeness (QED) is 0.433. The van der Waals surface area contributed by atoms with E-state index in [1.165, 1.54) is 16.8 Å². The fourth-order valence-corrected chi connectivity index (χ4v) is 3.76. The van der Waals surface area contributed by atoms with Crippen LogP contribution in [0.3, 0.4) is 0 Å². The highest BCUT2D eigenvalue weighted by Gasteiger charge is 2.19. The van der Waals surface area contributed by atoms with Crippen molar-refractivity contribution in [3.63, 3.8) is 0 Å². The van der Waals surface area contributed by atoms with E-state index in [1.807, 2.05) is 18.2 Å². The van der Waals surface area contributed by atoms with Gasteiger partial charge in [-0.2, -0.15) is 0 Å². The average Bonchev–Trinajstić information content (AvgIpc) is 3.02. The Labute approximate surface area is 199 Å². The van der Waals surface area contributed by atoms with Crippen LogP contribution in [-0.2, 0) is 7.05 Å². The highest BCUT2D eigenvalue weighted by Crippen LogP contribution is 2.20. The first-order chi connectivity index (χ1) is 16.3. The Bertz CT molecular complexity index is 1460. The lowest BCUT2D eigenvalue weighted by Crippen LogP contribution is -2.23. The van der Waals surface area contributed by atoms with E-state index in [9.17, 15) is 18.8 Å². The minimum Gasteiger partial charge on any atom is -0.322 e. The summed E-state index contributed by atoms with van der Waals surface area (Å²) < 4.78 is 16.4. The number of aromatic nitrogens is 2. The molecule has 0 aliphatic heterocycles. The number of benzene rings is 3. The number of anilines is 2. The van der Waals surface area contributed by atoms with Crippen LogP contribution in [0.1, 0.15) is 26.4 Å². The van der Waals surface area contributed by atoms with Crippen molar-refractivity contribution in [2.75, 3.05) is 10.6 Å². The second-order valence-electron chi connectivity index (χ2n) is 7.55. The van der Waals surface area contributed by atoms with Crippen LogP contribution in [0.2, 0.25) is 5.02 Å². The van der Waals surface area contributed by atoms with Crippen LogP contribution in [-0.4, -0.2) is 21.2 Å². The molecule has 1 aromatic heterocycles. The number of carbonyl (C=O) groups is 2. The summed E-state index contributed by atoms with van der Waals surface area (Å²) in [5.41, 5.74) is 1.71. The Hall–Kier alpha value is -4.17. The molecule has 2 N–H and O–H groups in total. The predicted octanol–water partition coefficient (Wildman–Crippen LogP) is 4.78. The van der Waals surface area contributed by atoms with Gasteiger partial charge in [0, 0.05) is 18.3 Å². The summed E-state index contributed by atoms with van der Waals surface area (Å²) in [5.74, 6) is -1.61. The average molecular weight is 479 g/mol. The monoisotopic (exact) mass is 478 g/mol. The highest BCUT2D eigenvalue weighted by molar-refractivity contribution is 6.34. The van der Waals surface area contributed by atoms with Gasteiger partial charge in [0.25, 0.3) is 17.4 Å². The zero-order valence-corrected chi connectivity index (χ0v) is 19.1. The van der Waals surface area contributed by atoms with Crippen LogP contribution in [0.25, 0.3) is 5.69 Å². The van der Waals surface area contributed by atoms with Gasteiger partial charge in [-0.05, 0) is 55.5 Å². The van der Waals surface area contributed by atoms with E-state index in [0.29, 0.717) is 17.1 Å². The fourth-order valence-electron chi connectivity index (χ4n) is 3.51. The lowest BCUT2D eigenvalue weighted by atomic mass is 10.1. The normalized spacial score (nSPS) is 10.7. The molecule has 0 atom stereocenters. The zero-order chi connectivity index (χ0) is 24.4. The summed E-state index contributed by atoms with van der Waals surface area (Å²) in [6.45, 7) is 1.74. The maximum Gasteiger partial charge on any atom is 0.295 e. The van der Waals surface area contributed by atoms with Crippen LogP contribution in [0.4, 0.5) is 15.8 Å². The molecule has 0 radical (unpaired) electrons. The van der Waals surface area contributed by atoms with E-state index in [4.69, 9.17) is 11.6 Å². The second kappa shape index (κ2) is 9.36. The smallest absolute Gasteiger partial charge is 0.295 e. The number of rotatable bonds is 5. The van der Waals surface area contributed by atoms with E-state index in [1.54, 1.807) is 49.0 Å². The lowest BCUT2D eigenvalue weighted by Gasteiger charge is -2.09. The molecule has 0 aliphatic carbocycles. The Balaban J connectivity index is 1.57. The first-order valence-corrected chi connectivity index (χ1v) is 10.7. The molecule has 0 bridgehead atoms. The SMILES string of the molecule is Cc1c(NC(=O)c2cccc(NC(=O)c3ccc(F)cc3Cl)c2)c(=O)n(-c2ccccc2)n1C. The molecule has 9 heteroatoms. The third-order valence-corrected chi connectivity index (χ3v) is 5.66. The van der Waals surface area contributed by atoms with Gasteiger partial charge in [-0.3, -0.25) is 19.1 Å². The van der Waals surface area contributed by atoms with Gasteiger partial charge in [0.2, 0.25) is 0 Å². The summed E-state index contributed by atoms with van der Waals surface area (Å²) in [6, 6.07) is 18.8. The van der Waals surface area contributed by atoms with E-state index in [-0.39, 0.29) is 27.4 Å². The van der Waals surface area contributed by atoms with Crippen molar-refractivity contribution in [2.45, 2.75) is 6.92 Å². The Morgan fingerprint density at radius 2 is 1.65 bits per heavy atom. The van der Waals surface area contributed by atoms with Crippen LogP contribution in [0.5, 0.6) is 0 Å². The molecule has 0 unspecified atom stereocenters. The Morgan fingerprint density at radius 1 is 0.912 bits per heavy atom. The molecule has 0 aliphatic rings. The maximum atomic E-state index is 13.3. The molecule has 7 nitrogen and oxygen atoms in total. The van der Waals surface area contributed by atoms with Crippen molar-refractivity contribution >= 4 is 34.8 Å². The maximum absolute atomic E-state index is 13.3. The van der Waals surface area contributed by atoms with Crippen molar-refractivity contribution in [1.29, 1.82) is 0 Å². The zero-order valence-electron chi connectivity index (χ0n) is 18.3. The van der Waals surface area contributed by atoms with Crippen LogP contribution >= 0.6 is 11.6 Å². The number of hydrogen-bond acceptors (Lipinski definition) is 3. The van der Waals surface area contributed by atoms with Crippen molar-refractivity contribution in [2.24, 2.45) is 7.05 Å². The predicted molar refractivity (Wildman–Crippen MR) is 130 cm³/mol. The molecule has 0 spiro atoms. The molecular formula is C25H20ClFN4O3. The molecule has 4 rings (SSSR count). The van der Waals surface area contributed by atoms with E-state index in [0.717, 1.165) is 12.1 Å². The van der Waals surface area contributed by atoms with Gasteiger partial charge in [0.05, 0.1) is 22.0 Å². The Morgan fingerprint density at radius 3 is 2.35 bits per heavy atom. The highest BCUT2D eigenvalue weighted by atomic mass is 35.5. The summed E-state index contributed by atoms with van der Waals surface area (Å²) in [7, 11) is 1.73. The molecular weight excluding hydrogens is 459 g/mol. The molecule has 1 heterocycles. The summed E-state index contributed by atoms with van der Waals surface area (Å²) >= 11 is 5.95. The number of para-hydroxylation sites is 1. The molecule has 172 valence electrons. The molecule has 34 heavy (non-hydrogen) atoms. The van der Waals surface area contributed by atoms with Crippen molar-refractivity contribution in [3.05, 3.63) is 111 Å². The largest absolute Gasteiger partial charge is 0.322 e. The Kier molecular flexibility index (Phi) is 6.34. The first kappa shape index (κ1) is 23.0. The number of nitrogens with one attached hydrogen (secondary N) is 2. The molecule has 0 fully saturated rings. The first-order valence-electron chi connectivity index (χ1n) is 10.3. The number of nitrogens with zero attached hydrogens (tertiary/aromatic N) is 2. The molecule has 2 amide bonds. The van der Waals surface area contributed by atoms with E-state index < -0.39 is 17.6 Å². The van der Waals surface area contributed by atoms with Crippen molar-refractivity contribution in [3.8, 4) is 5.69 Å². The van der Waals surface area contributed by atoms with Crippen molar-refractivity contribution < 1.29 is 14.0 Å². The molecule has 3 aromatic carbocycles. The minimum absolute atomic E-state index is 0.0272. The molecule has 0 saturated heterocycles. The van der Waals surface area contributed by atoms with Crippen molar-refractivity contribution in [1.82, 2.24) is 9.36 Å². The van der Waals surface area contributed by atoms with Gasteiger partial charge in [0.1, 0.15) is 11.5 Å². The van der Waals surface area contributed by atoms with Crippen LogP contribution < -0.4 is 16.2 Å². The van der Waals surface area contributed by atoms with Gasteiger partial charge in [-0.25, -0.2) is 9.07 Å².